The van der Waals surface area contributed by atoms with Crippen molar-refractivity contribution in [3.63, 3.8) is 0 Å². The molecule has 2 unspecified atom stereocenters. The summed E-state index contributed by atoms with van der Waals surface area (Å²) in [6, 6.07) is 9.57. The summed E-state index contributed by atoms with van der Waals surface area (Å²) < 4.78 is 13.2. The molecule has 4 bridgehead atoms. The highest BCUT2D eigenvalue weighted by Gasteiger charge is 2.45. The molecule has 2 aliphatic carbocycles. The maximum absolute atomic E-state index is 13.9. The van der Waals surface area contributed by atoms with E-state index in [9.17, 15) is 9.59 Å². The van der Waals surface area contributed by atoms with Crippen LogP contribution in [0.2, 0.25) is 0 Å². The van der Waals surface area contributed by atoms with Crippen LogP contribution in [0.4, 0.5) is 0 Å². The molecular weight excluding hydrogens is 478 g/mol. The maximum Gasteiger partial charge on any atom is 0.305 e. The molecule has 0 amide bonds. The summed E-state index contributed by atoms with van der Waals surface area (Å²) in [7, 11) is 0. The largest absolute Gasteiger partial charge is 0.466 e. The molecule has 2 aromatic rings. The maximum atomic E-state index is 13.9. The Hall–Kier alpha value is -2.25. The molecule has 6 rings (SSSR count). The molecule has 206 valence electrons. The van der Waals surface area contributed by atoms with Crippen molar-refractivity contribution in [1.29, 1.82) is 0 Å². The molecule has 1 aromatic carbocycles. The van der Waals surface area contributed by atoms with Crippen LogP contribution in [0.15, 0.2) is 29.1 Å². The quantitative estimate of drug-likeness (QED) is 0.475. The number of rotatable bonds is 7. The monoisotopic (exact) mass is 521 g/mol. The fraction of sp³-hybridized carbons (Fsp3) is 0.710. The predicted octanol–water partition coefficient (Wildman–Crippen LogP) is 5.05. The zero-order chi connectivity index (χ0) is 26.1. The normalized spacial score (nSPS) is 31.6. The van der Waals surface area contributed by atoms with Gasteiger partial charge >= 0.3 is 5.97 Å². The Kier molecular flexibility index (Phi) is 7.85. The minimum atomic E-state index is -0.212. The summed E-state index contributed by atoms with van der Waals surface area (Å²) in [5.41, 5.74) is 2.35. The molecule has 0 N–H and O–H groups in total. The summed E-state index contributed by atoms with van der Waals surface area (Å²) >= 11 is 0. The molecule has 4 aliphatic rings. The lowest BCUT2D eigenvalue weighted by molar-refractivity contribution is -0.143. The lowest BCUT2D eigenvalue weighted by Crippen LogP contribution is -2.62. The number of hydrogen-bond acceptors (Lipinski definition) is 6. The first kappa shape index (κ1) is 26.0. The van der Waals surface area contributed by atoms with Crippen molar-refractivity contribution >= 4 is 17.0 Å². The second kappa shape index (κ2) is 11.5. The van der Waals surface area contributed by atoms with Crippen molar-refractivity contribution in [1.82, 2.24) is 14.5 Å². The molecule has 7 heteroatoms. The van der Waals surface area contributed by atoms with Crippen LogP contribution in [0.5, 0.6) is 0 Å². The van der Waals surface area contributed by atoms with Crippen LogP contribution in [0.1, 0.15) is 89.3 Å². The Labute approximate surface area is 225 Å². The number of carbonyl (C=O) groups is 1. The van der Waals surface area contributed by atoms with Gasteiger partial charge in [-0.15, -0.1) is 0 Å². The van der Waals surface area contributed by atoms with Gasteiger partial charge in [0.15, 0.2) is 0 Å². The number of morpholine rings is 1. The van der Waals surface area contributed by atoms with Gasteiger partial charge in [0.05, 0.1) is 30.9 Å². The van der Waals surface area contributed by atoms with Crippen LogP contribution >= 0.6 is 0 Å². The number of ether oxygens (including phenoxy) is 2. The molecule has 4 fully saturated rings. The van der Waals surface area contributed by atoms with E-state index in [4.69, 9.17) is 14.5 Å². The van der Waals surface area contributed by atoms with Crippen LogP contribution in [-0.2, 0) is 20.7 Å². The lowest BCUT2D eigenvalue weighted by Gasteiger charge is -2.54. The van der Waals surface area contributed by atoms with Gasteiger partial charge in [-0.1, -0.05) is 37.8 Å². The average molecular weight is 522 g/mol. The highest BCUT2D eigenvalue weighted by molar-refractivity contribution is 5.75. The number of benzene rings is 1. The van der Waals surface area contributed by atoms with Gasteiger partial charge in [-0.3, -0.25) is 14.5 Å². The highest BCUT2D eigenvalue weighted by atomic mass is 16.5. The van der Waals surface area contributed by atoms with Crippen LogP contribution in [0, 0.1) is 11.8 Å². The molecule has 38 heavy (non-hydrogen) atoms. The summed E-state index contributed by atoms with van der Waals surface area (Å²) in [6.07, 6.45) is 13.0. The zero-order valence-electron chi connectivity index (χ0n) is 22.9. The van der Waals surface area contributed by atoms with Gasteiger partial charge in [-0.05, 0) is 75.8 Å². The van der Waals surface area contributed by atoms with Crippen LogP contribution < -0.4 is 5.56 Å². The third-order valence-corrected chi connectivity index (χ3v) is 9.65. The molecule has 7 nitrogen and oxygen atoms in total. The van der Waals surface area contributed by atoms with Crippen molar-refractivity contribution in [3.8, 4) is 0 Å². The number of nitrogens with zero attached hydrogens (tertiary/aromatic N) is 3. The first-order valence-corrected chi connectivity index (χ1v) is 15.1. The number of para-hydroxylation sites is 2. The molecule has 5 atom stereocenters. The predicted molar refractivity (Wildman–Crippen MR) is 147 cm³/mol. The number of esters is 1. The summed E-state index contributed by atoms with van der Waals surface area (Å²) in [4.78, 5) is 33.4. The van der Waals surface area contributed by atoms with E-state index in [0.29, 0.717) is 49.7 Å². The van der Waals surface area contributed by atoms with Crippen molar-refractivity contribution < 1.29 is 14.3 Å². The first-order valence-electron chi connectivity index (χ1n) is 15.1. The second-order valence-corrected chi connectivity index (χ2v) is 12.2. The van der Waals surface area contributed by atoms with Crippen molar-refractivity contribution in [2.75, 3.05) is 19.8 Å². The van der Waals surface area contributed by atoms with Crippen LogP contribution in [-0.4, -0.2) is 58.4 Å². The van der Waals surface area contributed by atoms with Gasteiger partial charge in [0.2, 0.25) is 0 Å². The van der Waals surface area contributed by atoms with E-state index in [0.717, 1.165) is 48.9 Å². The molecule has 2 aliphatic heterocycles. The number of carbonyl (C=O) groups excluding carboxylic acids is 1. The number of aryl methyl sites for hydroxylation is 1. The highest BCUT2D eigenvalue weighted by Crippen LogP contribution is 2.44. The second-order valence-electron chi connectivity index (χ2n) is 12.2. The molecular formula is C31H43N3O4. The number of hydrogen-bond donors (Lipinski definition) is 0. The van der Waals surface area contributed by atoms with Crippen molar-refractivity contribution in [2.24, 2.45) is 11.8 Å². The van der Waals surface area contributed by atoms with Gasteiger partial charge in [0, 0.05) is 30.6 Å². The van der Waals surface area contributed by atoms with Gasteiger partial charge in [0.1, 0.15) is 5.69 Å². The Morgan fingerprint density at radius 1 is 0.974 bits per heavy atom. The fourth-order valence-electron chi connectivity index (χ4n) is 8.19. The lowest BCUT2D eigenvalue weighted by atomic mass is 9.75. The fourth-order valence-corrected chi connectivity index (χ4v) is 8.19. The topological polar surface area (TPSA) is 73.7 Å². The Morgan fingerprint density at radius 3 is 2.39 bits per heavy atom. The van der Waals surface area contributed by atoms with E-state index in [1.807, 2.05) is 35.8 Å². The van der Waals surface area contributed by atoms with Crippen molar-refractivity contribution in [3.05, 3.63) is 40.3 Å². The van der Waals surface area contributed by atoms with Gasteiger partial charge < -0.3 is 14.0 Å². The first-order chi connectivity index (χ1) is 18.6. The third kappa shape index (κ3) is 5.29. The molecule has 2 saturated heterocycles. The minimum Gasteiger partial charge on any atom is -0.466 e. The molecule has 3 heterocycles. The standard InChI is InChI=1S/C31H43N3O4/c1-2-38-30(35)13-7-11-28-31(36)34(29-12-6-5-10-27(29)32-28)24-17-25-19-37-20-26(18-24)33(25)23-15-21-8-3-4-9-22(14-21)16-23/h5-6,10,12,21-26H,2-4,7-9,11,13-20H2,1H3/t21?,22?,23?,24-,25-,26+. The van der Waals surface area contributed by atoms with Crippen molar-refractivity contribution in [2.45, 2.75) is 108 Å². The molecule has 1 aromatic heterocycles. The molecule has 2 saturated carbocycles. The summed E-state index contributed by atoms with van der Waals surface area (Å²) in [5, 5.41) is 0. The Morgan fingerprint density at radius 2 is 1.68 bits per heavy atom. The van der Waals surface area contributed by atoms with E-state index in [2.05, 4.69) is 4.90 Å². The minimum absolute atomic E-state index is 0.00804. The Bertz CT molecular complexity index is 1170. The Balaban J connectivity index is 1.25. The smallest absolute Gasteiger partial charge is 0.305 e. The van der Waals surface area contributed by atoms with Gasteiger partial charge in [-0.25, -0.2) is 4.98 Å². The van der Waals surface area contributed by atoms with E-state index < -0.39 is 0 Å². The number of aromatic nitrogens is 2. The zero-order valence-corrected chi connectivity index (χ0v) is 22.9. The third-order valence-electron chi connectivity index (χ3n) is 9.65. The van der Waals surface area contributed by atoms with Crippen LogP contribution in [0.3, 0.4) is 0 Å². The van der Waals surface area contributed by atoms with Crippen LogP contribution in [0.25, 0.3) is 11.0 Å². The van der Waals surface area contributed by atoms with Gasteiger partial charge in [-0.2, -0.15) is 0 Å². The number of fused-ring (bicyclic) bond motifs is 5. The number of piperidine rings is 1. The summed E-state index contributed by atoms with van der Waals surface area (Å²) in [5.74, 6) is 1.57. The SMILES string of the molecule is CCOC(=O)CCCc1nc2ccccc2n([C@H]2C[C@H]3COC[C@@H](C2)N3C2CC3CCCCC(C3)C2)c1=O. The van der Waals surface area contributed by atoms with E-state index in [1.165, 1.54) is 44.9 Å². The van der Waals surface area contributed by atoms with Gasteiger partial charge in [0.25, 0.3) is 5.56 Å². The van der Waals surface area contributed by atoms with E-state index in [1.54, 1.807) is 0 Å². The molecule has 0 radical (unpaired) electrons. The van der Waals surface area contributed by atoms with E-state index in [-0.39, 0.29) is 17.6 Å². The average Bonchev–Trinajstić information content (AvgIpc) is 3.07. The molecule has 0 spiro atoms. The van der Waals surface area contributed by atoms with E-state index >= 15 is 0 Å². The summed E-state index contributed by atoms with van der Waals surface area (Å²) in [6.45, 7) is 3.73.